The van der Waals surface area contributed by atoms with E-state index in [2.05, 4.69) is 218 Å². The fourth-order valence-electron chi connectivity index (χ4n) is 14.2. The zero-order chi connectivity index (χ0) is 76.5. The summed E-state index contributed by atoms with van der Waals surface area (Å²) < 4.78 is 119. The van der Waals surface area contributed by atoms with Gasteiger partial charge in [-0.05, 0) is 193 Å². The molecule has 0 saturated carbocycles. The number of halogens is 1. The van der Waals surface area contributed by atoms with Gasteiger partial charge in [0.2, 0.25) is 0 Å². The van der Waals surface area contributed by atoms with Gasteiger partial charge in [-0.1, -0.05) is 153 Å². The van der Waals surface area contributed by atoms with E-state index >= 15 is 4.79 Å². The molecule has 0 bridgehead atoms. The number of rotatable bonds is 31. The van der Waals surface area contributed by atoms with Crippen molar-refractivity contribution in [2.45, 2.75) is 394 Å². The molecule has 1 aromatic rings. The van der Waals surface area contributed by atoms with E-state index in [0.29, 0.717) is 57.5 Å². The third-order valence-corrected chi connectivity index (χ3v) is 49.4. The van der Waals surface area contributed by atoms with E-state index in [4.69, 9.17) is 60.0 Å². The minimum Gasteiger partial charge on any atom is -0.414 e. The number of methoxy groups -OCH3 is 1. The topological polar surface area (TPSA) is 174 Å². The number of fused-ring (bicyclic) bond motifs is 1. The van der Waals surface area contributed by atoms with Gasteiger partial charge in [0.15, 0.2) is 59.0 Å². The molecule has 6 unspecified atom stereocenters. The first-order valence-electron chi connectivity index (χ1n) is 38.6. The lowest BCUT2D eigenvalue weighted by molar-refractivity contribution is -0.268. The second-order valence-electron chi connectivity index (χ2n) is 38.3. The number of hydrogen-bond acceptors (Lipinski definition) is 15. The predicted octanol–water partition coefficient (Wildman–Crippen LogP) is 19.6. The van der Waals surface area contributed by atoms with Crippen molar-refractivity contribution in [1.82, 2.24) is 0 Å². The van der Waals surface area contributed by atoms with E-state index in [1.54, 1.807) is 19.2 Å². The van der Waals surface area contributed by atoms with E-state index in [1.165, 1.54) is 0 Å². The van der Waals surface area contributed by atoms with Gasteiger partial charge in [0.05, 0.1) is 97.8 Å². The highest BCUT2D eigenvalue weighted by molar-refractivity contribution is 14.1. The molecule has 102 heavy (non-hydrogen) atoms. The molecule has 6 aliphatic heterocycles. The molecule has 0 aliphatic carbocycles. The highest BCUT2D eigenvalue weighted by Gasteiger charge is 2.60. The molecule has 0 amide bonds. The zero-order valence-electron chi connectivity index (χ0n) is 68.4. The van der Waals surface area contributed by atoms with Crippen LogP contribution in [0.2, 0.25) is 90.7 Å². The highest BCUT2D eigenvalue weighted by atomic mass is 127. The molecule has 18 atom stereocenters. The van der Waals surface area contributed by atoms with E-state index in [1.807, 2.05) is 10.1 Å². The SMILES string of the molecule is C=C1C[C@H](CCC2OCCO2)O[C@H]1CC[C@H]1CCC(=C)[C@@H](C[C@@H]2O[C@H](C[C@@H](CO[Si](C)(C)C(C)(C)C)O[Si](C)(C)C(C)(C)C)[C@@H](OC)[C@H]2CC(=O)C(c2cc(S(=O)O)ccc2CC)[C@H]2CC[C@@H]3O[C@H](C(/C=C/I)O[Si](C)(C)C(C)(C)C)C(O[Si](C)(C)C(C)(C)C)C(O[Si](C)(C)C(C)(C)C)C3O2)O1. The van der Waals surface area contributed by atoms with Gasteiger partial charge in [-0.2, -0.15) is 0 Å². The molecule has 6 aliphatic rings. The van der Waals surface area contributed by atoms with Crippen LogP contribution in [0.1, 0.15) is 205 Å². The fraction of sp³-hybridized carbons (Fsp3) is 0.835. The van der Waals surface area contributed by atoms with Crippen LogP contribution in [0.15, 0.2) is 57.6 Å². The van der Waals surface area contributed by atoms with E-state index in [-0.39, 0.29) is 79.1 Å². The summed E-state index contributed by atoms with van der Waals surface area (Å²) in [5.74, 6) is -1.42. The molecule has 23 heteroatoms. The average molecular weight is 1650 g/mol. The summed E-state index contributed by atoms with van der Waals surface area (Å²) in [7, 11) is -10.7. The normalized spacial score (nSPS) is 30.1. The van der Waals surface area contributed by atoms with E-state index in [0.717, 1.165) is 61.7 Å². The summed E-state index contributed by atoms with van der Waals surface area (Å²) in [5, 5.41) is -0.610. The van der Waals surface area contributed by atoms with Crippen LogP contribution in [-0.4, -0.2) is 181 Å². The monoisotopic (exact) mass is 1640 g/mol. The molecule has 1 N–H and O–H groups in total. The number of ketones is 1. The minimum absolute atomic E-state index is 0.0339. The van der Waals surface area contributed by atoms with E-state index in [9.17, 15) is 8.76 Å². The molecule has 6 heterocycles. The lowest BCUT2D eigenvalue weighted by atomic mass is 9.76. The molecular weight excluding hydrogens is 1500 g/mol. The maximum Gasteiger partial charge on any atom is 0.193 e. The second-order valence-corrected chi connectivity index (χ2v) is 63.8. The Morgan fingerprint density at radius 1 is 0.667 bits per heavy atom. The van der Waals surface area contributed by atoms with Crippen LogP contribution in [0.5, 0.6) is 0 Å². The predicted molar refractivity (Wildman–Crippen MR) is 434 cm³/mol. The summed E-state index contributed by atoms with van der Waals surface area (Å²) in [5.41, 5.74) is 3.71. The first-order chi connectivity index (χ1) is 46.9. The highest BCUT2D eigenvalue weighted by Crippen LogP contribution is 2.51. The first-order valence-corrected chi connectivity index (χ1v) is 55.5. The molecule has 0 radical (unpaired) electrons. The van der Waals surface area contributed by atoms with Gasteiger partial charge < -0.3 is 64.6 Å². The van der Waals surface area contributed by atoms with Crippen molar-refractivity contribution in [3.63, 3.8) is 0 Å². The molecular formula is C79H141IO16SSi5. The van der Waals surface area contributed by atoms with Crippen molar-refractivity contribution in [2.24, 2.45) is 5.92 Å². The number of benzene rings is 1. The Kier molecular flexibility index (Phi) is 30.5. The molecule has 0 spiro atoms. The molecule has 6 fully saturated rings. The maximum atomic E-state index is 16.9. The second kappa shape index (κ2) is 35.1. The number of carbonyl (C=O) groups excluding carboxylic acids is 1. The summed E-state index contributed by atoms with van der Waals surface area (Å²) in [6.07, 6.45) is 3.88. The molecule has 586 valence electrons. The number of carbonyl (C=O) groups is 1. The quantitative estimate of drug-likeness (QED) is 0.0321. The minimum atomic E-state index is -2.68. The third kappa shape index (κ3) is 22.0. The number of hydrogen-bond donors (Lipinski definition) is 1. The smallest absolute Gasteiger partial charge is 0.193 e. The average Bonchev–Trinajstić information content (AvgIpc) is 0.845. The van der Waals surface area contributed by atoms with Crippen LogP contribution in [-0.2, 0) is 82.3 Å². The first kappa shape index (κ1) is 88.7. The number of ether oxygens (including phenoxy) is 8. The Balaban J connectivity index is 1.32. The molecule has 16 nitrogen and oxygen atoms in total. The zero-order valence-corrected chi connectivity index (χ0v) is 76.3. The van der Waals surface area contributed by atoms with Crippen LogP contribution in [0.4, 0.5) is 0 Å². The Morgan fingerprint density at radius 3 is 1.79 bits per heavy atom. The Morgan fingerprint density at radius 2 is 1.24 bits per heavy atom. The van der Waals surface area contributed by atoms with Crippen LogP contribution in [0.25, 0.3) is 0 Å². The van der Waals surface area contributed by atoms with Crippen molar-refractivity contribution in [3.05, 3.63) is 63.8 Å². The summed E-state index contributed by atoms with van der Waals surface area (Å²) >= 11 is -0.0406. The van der Waals surface area contributed by atoms with Gasteiger partial charge in [-0.15, -0.1) is 0 Å². The Bertz CT molecular complexity index is 2990. The molecule has 7 rings (SSSR count). The van der Waals surface area contributed by atoms with Crippen LogP contribution in [0.3, 0.4) is 0 Å². The maximum absolute atomic E-state index is 16.9. The van der Waals surface area contributed by atoms with Crippen LogP contribution >= 0.6 is 22.6 Å². The van der Waals surface area contributed by atoms with Crippen molar-refractivity contribution in [2.75, 3.05) is 26.9 Å². The molecule has 1 aromatic carbocycles. The van der Waals surface area contributed by atoms with Gasteiger partial charge >= 0.3 is 0 Å². The lowest BCUT2D eigenvalue weighted by Gasteiger charge is -2.56. The van der Waals surface area contributed by atoms with Crippen molar-refractivity contribution in [3.8, 4) is 0 Å². The lowest BCUT2D eigenvalue weighted by Crippen LogP contribution is -2.69. The molecule has 6 saturated heterocycles. The number of aryl methyl sites for hydroxylation is 1. The summed E-state index contributed by atoms with van der Waals surface area (Å²) in [4.78, 5) is 17.1. The largest absolute Gasteiger partial charge is 0.414 e. The van der Waals surface area contributed by atoms with Crippen molar-refractivity contribution < 1.29 is 73.6 Å². The third-order valence-electron chi connectivity index (χ3n) is 25.8. The van der Waals surface area contributed by atoms with Gasteiger partial charge in [0, 0.05) is 38.7 Å². The van der Waals surface area contributed by atoms with Crippen molar-refractivity contribution in [1.29, 1.82) is 0 Å². The number of Topliss-reactive ketones (excluding diaryl/α,β-unsaturated/α-hetero) is 1. The van der Waals surface area contributed by atoms with Gasteiger partial charge in [0.25, 0.3) is 0 Å². The van der Waals surface area contributed by atoms with Gasteiger partial charge in [-0.3, -0.25) is 4.79 Å². The summed E-state index contributed by atoms with van der Waals surface area (Å²) in [6.45, 7) is 69.9. The van der Waals surface area contributed by atoms with E-state index < -0.39 is 126 Å². The van der Waals surface area contributed by atoms with Crippen molar-refractivity contribution >= 4 is 81.0 Å². The van der Waals surface area contributed by atoms with Crippen LogP contribution in [0, 0.1) is 5.92 Å². The molecule has 0 aromatic heterocycles. The van der Waals surface area contributed by atoms with Crippen LogP contribution < -0.4 is 0 Å². The fourth-order valence-corrected chi connectivity index (χ4v) is 21.3. The summed E-state index contributed by atoms with van der Waals surface area (Å²) in [6, 6.07) is 5.40. The Hall–Kier alpha value is -0.486. The van der Waals surface area contributed by atoms with Gasteiger partial charge in [-0.25, -0.2) is 4.21 Å². The van der Waals surface area contributed by atoms with Gasteiger partial charge in [0.1, 0.15) is 30.2 Å². The standard InChI is InChI=1S/C79H141IO16SSi5/c1-30-53-32-36-57(97(82)83)47-58(53)69(62-38-39-63-71(91-62)73(95-101(26,27)78(13,14)15)74(96-102(28,29)79(16,17)18)72(92-63)64(41-42-80)94-100(24,25)77(10,11)12)60(81)48-59-66(90-67(70(59)84-19)46-56(93-99(22,23)76(7,8)9)50-87-98(20,21)75(4,5)6)49-65-51(2)31-33-54(88-65)34-37-61-52(3)45-55(89-61)35-40-68-85-43-44-86-68/h32,36,41-42,47,54-56,59,61-74H,2-3,30-31,33-35,37-40,43-46,48-50H2,1,4-29H3,(H,82,83)/b42-41+/t54-,55+,56+,59+,61+,62-,63+,64?,65-,66+,67-,69?,70+,71?,72-,73?,74?/m1/s1. The Labute approximate surface area is 640 Å².